The average molecular weight is 598 g/mol. The van der Waals surface area contributed by atoms with Gasteiger partial charge in [0.25, 0.3) is 0 Å². The molecule has 0 amide bonds. The highest BCUT2D eigenvalue weighted by atomic mass is 32.1. The van der Waals surface area contributed by atoms with Crippen LogP contribution in [0.3, 0.4) is 0 Å². The van der Waals surface area contributed by atoms with Gasteiger partial charge in [-0.25, -0.2) is 19.6 Å². The molecule has 10 nitrogen and oxygen atoms in total. The van der Waals surface area contributed by atoms with Crippen molar-refractivity contribution in [2.24, 2.45) is 0 Å². The molecule has 220 valence electrons. The van der Waals surface area contributed by atoms with Crippen LogP contribution in [0.2, 0.25) is 0 Å². The van der Waals surface area contributed by atoms with E-state index < -0.39 is 0 Å². The Kier molecular flexibility index (Phi) is 7.79. The molecule has 1 N–H and O–H groups in total. The van der Waals surface area contributed by atoms with Gasteiger partial charge in [0, 0.05) is 61.4 Å². The van der Waals surface area contributed by atoms with Crippen LogP contribution in [0.15, 0.2) is 24.7 Å². The minimum absolute atomic E-state index is 0.0126. The first kappa shape index (κ1) is 28.5. The Labute approximate surface area is 249 Å². The lowest BCUT2D eigenvalue weighted by Crippen LogP contribution is -2.61. The number of rotatable bonds is 8. The van der Waals surface area contributed by atoms with Crippen molar-refractivity contribution in [1.29, 1.82) is 0 Å². The van der Waals surface area contributed by atoms with E-state index in [1.165, 1.54) is 11.3 Å². The maximum Gasteiger partial charge on any atom is 0.188 e. The fourth-order valence-corrected chi connectivity index (χ4v) is 8.23. The zero-order valence-corrected chi connectivity index (χ0v) is 26.3. The number of anilines is 1. The van der Waals surface area contributed by atoms with Gasteiger partial charge >= 0.3 is 0 Å². The zero-order valence-electron chi connectivity index (χ0n) is 24.6. The van der Waals surface area contributed by atoms with Gasteiger partial charge in [0.15, 0.2) is 27.3 Å². The van der Waals surface area contributed by atoms with Gasteiger partial charge in [-0.1, -0.05) is 22.7 Å². The van der Waals surface area contributed by atoms with Gasteiger partial charge < -0.3 is 24.4 Å². The first-order valence-corrected chi connectivity index (χ1v) is 15.8. The van der Waals surface area contributed by atoms with Crippen LogP contribution in [0.4, 0.5) is 5.13 Å². The van der Waals surface area contributed by atoms with E-state index in [1.807, 2.05) is 29.3 Å². The molecule has 2 aliphatic heterocycles. The maximum atomic E-state index is 5.98. The summed E-state index contributed by atoms with van der Waals surface area (Å²) < 4.78 is 19.0. The number of thiazole rings is 2. The standard InChI is InChI=1S/C29H39N7O3S2/c1-28(2)12-20(13-29(3,4)34-28)35(5)27-33-26-25(41-27)32-24(40-26)23-21(39-17-37-6)11-18(14-30-23)19-15-31-36(16-19)22-9-7-8-10-38-22/h11,14-16,20,22,34H,7-10,12-13,17H2,1-6H3. The van der Waals surface area contributed by atoms with E-state index in [4.69, 9.17) is 29.2 Å². The van der Waals surface area contributed by atoms with E-state index in [1.54, 1.807) is 18.4 Å². The van der Waals surface area contributed by atoms with Crippen LogP contribution >= 0.6 is 22.7 Å². The second-order valence-corrected chi connectivity index (χ2v) is 14.3. The van der Waals surface area contributed by atoms with Crippen molar-refractivity contribution in [3.05, 3.63) is 24.7 Å². The first-order chi connectivity index (χ1) is 19.6. The van der Waals surface area contributed by atoms with Crippen molar-refractivity contribution < 1.29 is 14.2 Å². The molecular formula is C29H39N7O3S2. The number of pyridine rings is 1. The molecule has 0 aromatic carbocycles. The molecule has 1 atom stereocenters. The second kappa shape index (κ2) is 11.2. The lowest BCUT2D eigenvalue weighted by atomic mass is 9.79. The molecule has 0 radical (unpaired) electrons. The number of hydrogen-bond donors (Lipinski definition) is 1. The fourth-order valence-electron chi connectivity index (χ4n) is 6.15. The van der Waals surface area contributed by atoms with Gasteiger partial charge in [-0.3, -0.25) is 0 Å². The molecule has 1 unspecified atom stereocenters. The number of aromatic nitrogens is 5. The molecule has 2 aliphatic rings. The van der Waals surface area contributed by atoms with E-state index in [2.05, 4.69) is 50.1 Å². The van der Waals surface area contributed by atoms with E-state index in [-0.39, 0.29) is 24.1 Å². The highest BCUT2D eigenvalue weighted by molar-refractivity contribution is 7.29. The van der Waals surface area contributed by atoms with Gasteiger partial charge in [0.2, 0.25) is 0 Å². The first-order valence-electron chi connectivity index (χ1n) is 14.2. The van der Waals surface area contributed by atoms with Crippen molar-refractivity contribution in [2.45, 2.75) is 83.1 Å². The maximum absolute atomic E-state index is 5.98. The third kappa shape index (κ3) is 6.12. The van der Waals surface area contributed by atoms with Gasteiger partial charge in [0.05, 0.1) is 6.20 Å². The van der Waals surface area contributed by atoms with Crippen LogP contribution < -0.4 is 15.0 Å². The zero-order chi connectivity index (χ0) is 28.8. The Bertz CT molecular complexity index is 1460. The lowest BCUT2D eigenvalue weighted by Gasteiger charge is -2.48. The largest absolute Gasteiger partial charge is 0.465 e. The molecule has 41 heavy (non-hydrogen) atoms. The molecule has 6 rings (SSSR count). The lowest BCUT2D eigenvalue weighted by molar-refractivity contribution is -0.0394. The van der Waals surface area contributed by atoms with Crippen molar-refractivity contribution in [3.8, 4) is 27.6 Å². The molecule has 0 saturated carbocycles. The Morgan fingerprint density at radius 1 is 1.07 bits per heavy atom. The highest BCUT2D eigenvalue weighted by Gasteiger charge is 2.40. The summed E-state index contributed by atoms with van der Waals surface area (Å²) in [4.78, 5) is 18.9. The van der Waals surface area contributed by atoms with Crippen LogP contribution in [0.25, 0.3) is 31.5 Å². The molecular weight excluding hydrogens is 558 g/mol. The fraction of sp³-hybridized carbons (Fsp3) is 0.586. The number of nitrogens with zero attached hydrogens (tertiary/aromatic N) is 6. The number of methoxy groups -OCH3 is 1. The van der Waals surface area contributed by atoms with E-state index in [9.17, 15) is 0 Å². The number of ether oxygens (including phenoxy) is 3. The van der Waals surface area contributed by atoms with Gasteiger partial charge in [-0.05, 0) is 65.9 Å². The predicted octanol–water partition coefficient (Wildman–Crippen LogP) is 6.11. The van der Waals surface area contributed by atoms with E-state index >= 15 is 0 Å². The molecule has 12 heteroatoms. The Balaban J connectivity index is 1.25. The Morgan fingerprint density at radius 3 is 2.56 bits per heavy atom. The summed E-state index contributed by atoms with van der Waals surface area (Å²) in [5.74, 6) is 0.615. The quantitative estimate of drug-likeness (QED) is 0.241. The molecule has 2 fully saturated rings. The van der Waals surface area contributed by atoms with Crippen molar-refractivity contribution in [1.82, 2.24) is 30.0 Å². The molecule has 0 aliphatic carbocycles. The Hall–Kier alpha value is -2.64. The summed E-state index contributed by atoms with van der Waals surface area (Å²) in [5, 5.41) is 10.1. The second-order valence-electron chi connectivity index (χ2n) is 12.3. The summed E-state index contributed by atoms with van der Waals surface area (Å²) in [7, 11) is 3.77. The summed E-state index contributed by atoms with van der Waals surface area (Å²) in [6, 6.07) is 2.38. The van der Waals surface area contributed by atoms with Gasteiger partial charge in [-0.2, -0.15) is 5.10 Å². The molecule has 4 aromatic heterocycles. The van der Waals surface area contributed by atoms with Crippen LogP contribution in [0.5, 0.6) is 5.75 Å². The number of fused-ring (bicyclic) bond motifs is 1. The summed E-state index contributed by atoms with van der Waals surface area (Å²) >= 11 is 3.17. The molecule has 0 bridgehead atoms. The minimum atomic E-state index is -0.0126. The third-order valence-corrected chi connectivity index (χ3v) is 9.88. The molecule has 0 spiro atoms. The molecule has 6 heterocycles. The van der Waals surface area contributed by atoms with Crippen molar-refractivity contribution in [2.75, 3.05) is 32.5 Å². The number of piperidine rings is 1. The minimum Gasteiger partial charge on any atom is -0.465 e. The van der Waals surface area contributed by atoms with Gasteiger partial charge in [-0.15, -0.1) is 0 Å². The normalized spacial score (nSPS) is 20.9. The third-order valence-electron chi connectivity index (χ3n) is 7.76. The molecule has 2 saturated heterocycles. The van der Waals surface area contributed by atoms with Crippen molar-refractivity contribution >= 4 is 37.5 Å². The van der Waals surface area contributed by atoms with E-state index in [0.29, 0.717) is 17.5 Å². The predicted molar refractivity (Wildman–Crippen MR) is 164 cm³/mol. The van der Waals surface area contributed by atoms with Crippen LogP contribution in [0, 0.1) is 0 Å². The van der Waals surface area contributed by atoms with Crippen LogP contribution in [-0.4, -0.2) is 69.4 Å². The van der Waals surface area contributed by atoms with E-state index in [0.717, 1.165) is 69.6 Å². The number of nitrogens with one attached hydrogen (secondary N) is 1. The summed E-state index contributed by atoms with van der Waals surface area (Å²) in [5.41, 5.74) is 2.69. The number of hydrogen-bond acceptors (Lipinski definition) is 11. The topological polar surface area (TPSA) is 99.5 Å². The molecule has 4 aromatic rings. The van der Waals surface area contributed by atoms with Crippen LogP contribution in [0.1, 0.15) is 66.0 Å². The Morgan fingerprint density at radius 2 is 1.85 bits per heavy atom. The van der Waals surface area contributed by atoms with Gasteiger partial charge in [0.1, 0.15) is 16.9 Å². The SMILES string of the molecule is COCOc1cc(-c2cnn(C3CCCCO3)c2)cnc1-c1nc2sc(N(C)C3CC(C)(C)NC(C)(C)C3)nc2s1. The average Bonchev–Trinajstić information content (AvgIpc) is 3.66. The summed E-state index contributed by atoms with van der Waals surface area (Å²) in [6.07, 6.45) is 11.0. The van der Waals surface area contributed by atoms with Crippen molar-refractivity contribution in [3.63, 3.8) is 0 Å². The summed E-state index contributed by atoms with van der Waals surface area (Å²) in [6.45, 7) is 10.0. The smallest absolute Gasteiger partial charge is 0.188 e. The monoisotopic (exact) mass is 597 g/mol. The highest BCUT2D eigenvalue weighted by Crippen LogP contribution is 2.41. The van der Waals surface area contributed by atoms with Crippen LogP contribution in [-0.2, 0) is 9.47 Å².